The molecule has 3 atom stereocenters. The minimum atomic E-state index is -0.180. The molecule has 0 radical (unpaired) electrons. The van der Waals surface area contributed by atoms with E-state index in [0.29, 0.717) is 11.4 Å². The van der Waals surface area contributed by atoms with Crippen LogP contribution in [0.5, 0.6) is 0 Å². The Balaban J connectivity index is 2.07. The molecule has 76 valence electrons. The van der Waals surface area contributed by atoms with Crippen LogP contribution in [0, 0.1) is 11.8 Å². The van der Waals surface area contributed by atoms with Crippen molar-refractivity contribution in [2.75, 3.05) is 0 Å². The molecule has 0 aromatic rings. The summed E-state index contributed by atoms with van der Waals surface area (Å²) in [7, 11) is 0. The Morgan fingerprint density at radius 3 is 2.50 bits per heavy atom. The van der Waals surface area contributed by atoms with Crippen molar-refractivity contribution in [3.63, 3.8) is 0 Å². The third-order valence-electron chi connectivity index (χ3n) is 2.84. The first kappa shape index (κ1) is 9.58. The molecule has 0 bridgehead atoms. The highest BCUT2D eigenvalue weighted by Crippen LogP contribution is 2.47. The predicted molar refractivity (Wildman–Crippen MR) is 54.3 cm³/mol. The van der Waals surface area contributed by atoms with Gasteiger partial charge in [-0.3, -0.25) is 14.5 Å². The Morgan fingerprint density at radius 2 is 2.07 bits per heavy atom. The van der Waals surface area contributed by atoms with Crippen molar-refractivity contribution in [1.29, 1.82) is 0 Å². The summed E-state index contributed by atoms with van der Waals surface area (Å²) in [5.41, 5.74) is 5.38. The van der Waals surface area contributed by atoms with Gasteiger partial charge in [0.15, 0.2) is 0 Å². The monoisotopic (exact) mass is 212 g/mol. The van der Waals surface area contributed by atoms with Crippen LogP contribution in [0.25, 0.3) is 0 Å². The molecule has 14 heavy (non-hydrogen) atoms. The molecular weight excluding hydrogens is 200 g/mol. The van der Waals surface area contributed by atoms with Gasteiger partial charge in [0.1, 0.15) is 0 Å². The van der Waals surface area contributed by atoms with Crippen LogP contribution in [0.15, 0.2) is 0 Å². The van der Waals surface area contributed by atoms with Crippen molar-refractivity contribution in [3.8, 4) is 0 Å². The molecule has 1 heterocycles. The van der Waals surface area contributed by atoms with Crippen molar-refractivity contribution < 1.29 is 9.59 Å². The normalized spacial score (nSPS) is 31.6. The second kappa shape index (κ2) is 3.02. The highest BCUT2D eigenvalue weighted by atomic mass is 32.1. The van der Waals surface area contributed by atoms with Crippen LogP contribution < -0.4 is 5.73 Å². The zero-order valence-corrected chi connectivity index (χ0v) is 8.71. The summed E-state index contributed by atoms with van der Waals surface area (Å²) in [5.74, 6) is -0.139. The largest absolute Gasteiger partial charge is 0.393 e. The van der Waals surface area contributed by atoms with E-state index >= 15 is 0 Å². The number of fused-ring (bicyclic) bond motifs is 1. The van der Waals surface area contributed by atoms with Gasteiger partial charge in [0.2, 0.25) is 11.8 Å². The van der Waals surface area contributed by atoms with Crippen molar-refractivity contribution >= 4 is 29.0 Å². The third kappa shape index (κ3) is 1.32. The standard InChI is InChI=1S/C9H12N2O2S/c1-4(2-7(10)14)11-8(12)5-3-6(5)9(11)13/h4-6H,2-3H2,1H3,(H2,10,14). The molecule has 2 amide bonds. The number of thiocarbonyl (C=S) groups is 1. The van der Waals surface area contributed by atoms with Gasteiger partial charge in [0, 0.05) is 12.5 Å². The fourth-order valence-corrected chi connectivity index (χ4v) is 2.26. The lowest BCUT2D eigenvalue weighted by Gasteiger charge is -2.23. The third-order valence-corrected chi connectivity index (χ3v) is 3.00. The maximum atomic E-state index is 11.6. The molecule has 0 aromatic heterocycles. The topological polar surface area (TPSA) is 63.4 Å². The van der Waals surface area contributed by atoms with Crippen molar-refractivity contribution in [2.24, 2.45) is 17.6 Å². The molecule has 2 rings (SSSR count). The highest BCUT2D eigenvalue weighted by molar-refractivity contribution is 7.80. The van der Waals surface area contributed by atoms with Crippen LogP contribution in [-0.4, -0.2) is 27.7 Å². The zero-order chi connectivity index (χ0) is 10.5. The minimum absolute atomic E-state index is 0.0312. The summed E-state index contributed by atoms with van der Waals surface area (Å²) < 4.78 is 0. The quantitative estimate of drug-likeness (QED) is 0.530. The van der Waals surface area contributed by atoms with E-state index in [2.05, 4.69) is 0 Å². The summed E-state index contributed by atoms with van der Waals surface area (Å²) in [6.45, 7) is 1.81. The van der Waals surface area contributed by atoms with E-state index in [0.717, 1.165) is 6.42 Å². The SMILES string of the molecule is CC(CC(N)=S)N1C(=O)C2CC2C1=O. The number of likely N-dealkylation sites (tertiary alicyclic amines) is 1. The number of hydrogen-bond acceptors (Lipinski definition) is 3. The first-order chi connectivity index (χ1) is 6.52. The van der Waals surface area contributed by atoms with E-state index < -0.39 is 0 Å². The number of imide groups is 1. The summed E-state index contributed by atoms with van der Waals surface area (Å²) in [6, 6.07) is -0.180. The predicted octanol–water partition coefficient (Wildman–Crippen LogP) is 0.0560. The van der Waals surface area contributed by atoms with Gasteiger partial charge in [0.05, 0.1) is 16.8 Å². The summed E-state index contributed by atoms with van der Waals surface area (Å²) >= 11 is 4.75. The van der Waals surface area contributed by atoms with Crippen LogP contribution >= 0.6 is 12.2 Å². The number of rotatable bonds is 3. The zero-order valence-electron chi connectivity index (χ0n) is 7.90. The van der Waals surface area contributed by atoms with Crippen molar-refractivity contribution in [1.82, 2.24) is 4.90 Å². The molecule has 1 aliphatic carbocycles. The number of carbonyl (C=O) groups excluding carboxylic acids is 2. The fourth-order valence-electron chi connectivity index (χ4n) is 2.02. The highest BCUT2D eigenvalue weighted by Gasteiger charge is 2.59. The molecule has 5 heteroatoms. The molecule has 1 saturated carbocycles. The Hall–Kier alpha value is -0.970. The van der Waals surface area contributed by atoms with Gasteiger partial charge in [-0.1, -0.05) is 12.2 Å². The second-order valence-electron chi connectivity index (χ2n) is 4.01. The van der Waals surface area contributed by atoms with E-state index in [1.54, 1.807) is 6.92 Å². The number of nitrogens with two attached hydrogens (primary N) is 1. The van der Waals surface area contributed by atoms with Gasteiger partial charge in [-0.15, -0.1) is 0 Å². The van der Waals surface area contributed by atoms with Crippen molar-refractivity contribution in [3.05, 3.63) is 0 Å². The summed E-state index contributed by atoms with van der Waals surface area (Å²) in [5, 5.41) is 0. The van der Waals surface area contributed by atoms with E-state index in [1.807, 2.05) is 0 Å². The molecule has 0 spiro atoms. The van der Waals surface area contributed by atoms with Crippen LogP contribution in [-0.2, 0) is 9.59 Å². The smallest absolute Gasteiger partial charge is 0.233 e. The molecule has 2 fully saturated rings. The molecule has 1 saturated heterocycles. The van der Waals surface area contributed by atoms with E-state index in [-0.39, 0.29) is 29.7 Å². The lowest BCUT2D eigenvalue weighted by Crippen LogP contribution is -2.42. The molecule has 3 unspecified atom stereocenters. The van der Waals surface area contributed by atoms with E-state index in [9.17, 15) is 9.59 Å². The van der Waals surface area contributed by atoms with Crippen LogP contribution in [0.4, 0.5) is 0 Å². The van der Waals surface area contributed by atoms with Gasteiger partial charge in [-0.2, -0.15) is 0 Å². The van der Waals surface area contributed by atoms with Gasteiger partial charge in [0.25, 0.3) is 0 Å². The number of carbonyl (C=O) groups is 2. The van der Waals surface area contributed by atoms with Gasteiger partial charge >= 0.3 is 0 Å². The summed E-state index contributed by atoms with van der Waals surface area (Å²) in [6.07, 6.45) is 1.17. The molecule has 0 aromatic carbocycles. The lowest BCUT2D eigenvalue weighted by molar-refractivity contribution is -0.143. The molecule has 2 aliphatic rings. The molecule has 2 N–H and O–H groups in total. The van der Waals surface area contributed by atoms with Gasteiger partial charge in [-0.25, -0.2) is 0 Å². The molecular formula is C9H12N2O2S. The fraction of sp³-hybridized carbons (Fsp3) is 0.667. The van der Waals surface area contributed by atoms with E-state index in [1.165, 1.54) is 4.90 Å². The Kier molecular flexibility index (Phi) is 2.06. The average molecular weight is 212 g/mol. The van der Waals surface area contributed by atoms with Gasteiger partial charge in [-0.05, 0) is 13.3 Å². The van der Waals surface area contributed by atoms with Gasteiger partial charge < -0.3 is 5.73 Å². The Labute approximate surface area is 87.4 Å². The Morgan fingerprint density at radius 1 is 1.57 bits per heavy atom. The first-order valence-electron chi connectivity index (χ1n) is 4.67. The van der Waals surface area contributed by atoms with Crippen LogP contribution in [0.1, 0.15) is 19.8 Å². The minimum Gasteiger partial charge on any atom is -0.393 e. The lowest BCUT2D eigenvalue weighted by atomic mass is 10.2. The molecule has 1 aliphatic heterocycles. The number of amides is 2. The number of hydrogen-bond donors (Lipinski definition) is 1. The maximum Gasteiger partial charge on any atom is 0.233 e. The maximum absolute atomic E-state index is 11.6. The number of piperidine rings is 1. The Bertz CT molecular complexity index is 309. The second-order valence-corrected chi connectivity index (χ2v) is 4.54. The van der Waals surface area contributed by atoms with Crippen LogP contribution in [0.2, 0.25) is 0 Å². The van der Waals surface area contributed by atoms with Crippen molar-refractivity contribution in [2.45, 2.75) is 25.8 Å². The van der Waals surface area contributed by atoms with E-state index in [4.69, 9.17) is 18.0 Å². The van der Waals surface area contributed by atoms with Crippen LogP contribution in [0.3, 0.4) is 0 Å². The average Bonchev–Trinajstić information content (AvgIpc) is 2.76. The summed E-state index contributed by atoms with van der Waals surface area (Å²) in [4.78, 5) is 24.9. The molecule has 4 nitrogen and oxygen atoms in total. The number of nitrogens with zero attached hydrogens (tertiary/aromatic N) is 1. The first-order valence-corrected chi connectivity index (χ1v) is 5.08.